The molecule has 1 N–H and O–H groups in total. The molecule has 1 fully saturated rings. The van der Waals surface area contributed by atoms with Crippen molar-refractivity contribution in [2.75, 3.05) is 23.3 Å². The second-order valence-electron chi connectivity index (χ2n) is 5.76. The zero-order chi connectivity index (χ0) is 14.7. The third kappa shape index (κ3) is 2.82. The van der Waals surface area contributed by atoms with Crippen molar-refractivity contribution < 1.29 is 0 Å². The molecule has 2 heterocycles. The first-order valence-corrected chi connectivity index (χ1v) is 8.17. The molecule has 0 aromatic carbocycles. The Bertz CT molecular complexity index is 585. The van der Waals surface area contributed by atoms with Gasteiger partial charge in [0, 0.05) is 31.5 Å². The highest BCUT2D eigenvalue weighted by molar-refractivity contribution is 5.67. The Morgan fingerprint density at radius 3 is 2.86 bits per heavy atom. The van der Waals surface area contributed by atoms with Crippen molar-refractivity contribution in [3.63, 3.8) is 0 Å². The number of imidazole rings is 1. The van der Waals surface area contributed by atoms with Gasteiger partial charge in [-0.2, -0.15) is 0 Å². The summed E-state index contributed by atoms with van der Waals surface area (Å²) in [7, 11) is 0. The highest BCUT2D eigenvalue weighted by atomic mass is 15.3. The lowest BCUT2D eigenvalue weighted by molar-refractivity contribution is 0.613. The van der Waals surface area contributed by atoms with Crippen LogP contribution in [0.1, 0.15) is 46.0 Å². The van der Waals surface area contributed by atoms with Gasteiger partial charge in [-0.05, 0) is 26.2 Å². The van der Waals surface area contributed by atoms with Gasteiger partial charge >= 0.3 is 0 Å². The van der Waals surface area contributed by atoms with Gasteiger partial charge < -0.3 is 14.6 Å². The van der Waals surface area contributed by atoms with E-state index in [9.17, 15) is 0 Å². The van der Waals surface area contributed by atoms with Crippen LogP contribution in [0.25, 0.3) is 5.65 Å². The molecule has 3 rings (SSSR count). The van der Waals surface area contributed by atoms with E-state index in [1.807, 2.05) is 18.6 Å². The molecule has 21 heavy (non-hydrogen) atoms. The van der Waals surface area contributed by atoms with Crippen LogP contribution in [0.3, 0.4) is 0 Å². The van der Waals surface area contributed by atoms with Crippen LogP contribution in [0.15, 0.2) is 18.6 Å². The number of anilines is 2. The molecule has 0 saturated heterocycles. The Labute approximate surface area is 126 Å². The third-order valence-corrected chi connectivity index (χ3v) is 4.29. The van der Waals surface area contributed by atoms with Crippen molar-refractivity contribution in [1.29, 1.82) is 0 Å². The molecular weight excluding hydrogens is 262 g/mol. The monoisotopic (exact) mass is 287 g/mol. The predicted molar refractivity (Wildman–Crippen MR) is 87.0 cm³/mol. The quantitative estimate of drug-likeness (QED) is 0.885. The summed E-state index contributed by atoms with van der Waals surface area (Å²) < 4.78 is 2.08. The number of hydrogen-bond acceptors (Lipinski definition) is 4. The van der Waals surface area contributed by atoms with Crippen molar-refractivity contribution in [2.45, 2.75) is 52.0 Å². The zero-order valence-corrected chi connectivity index (χ0v) is 13.0. The third-order valence-electron chi connectivity index (χ3n) is 4.29. The smallest absolute Gasteiger partial charge is 0.180 e. The fourth-order valence-electron chi connectivity index (χ4n) is 3.24. The van der Waals surface area contributed by atoms with Gasteiger partial charge in [-0.25, -0.2) is 9.97 Å². The molecule has 5 nitrogen and oxygen atoms in total. The van der Waals surface area contributed by atoms with Crippen LogP contribution >= 0.6 is 0 Å². The Morgan fingerprint density at radius 1 is 1.33 bits per heavy atom. The van der Waals surface area contributed by atoms with E-state index >= 15 is 0 Å². The van der Waals surface area contributed by atoms with Crippen molar-refractivity contribution in [2.24, 2.45) is 0 Å². The SMILES string of the molecule is CCCNc1cn2ccnc2c(N(CC)C2CCCC2)n1. The normalized spacial score (nSPS) is 15.7. The Hall–Kier alpha value is -1.78. The molecule has 114 valence electrons. The average molecular weight is 287 g/mol. The Morgan fingerprint density at radius 2 is 2.14 bits per heavy atom. The van der Waals surface area contributed by atoms with E-state index in [2.05, 4.69) is 33.4 Å². The molecule has 0 atom stereocenters. The first-order chi connectivity index (χ1) is 10.3. The maximum absolute atomic E-state index is 4.86. The van der Waals surface area contributed by atoms with Crippen LogP contribution in [0, 0.1) is 0 Å². The number of nitrogens with one attached hydrogen (secondary N) is 1. The Balaban J connectivity index is 1.99. The van der Waals surface area contributed by atoms with Gasteiger partial charge in [-0.15, -0.1) is 0 Å². The fourth-order valence-corrected chi connectivity index (χ4v) is 3.24. The molecular formula is C16H25N5. The van der Waals surface area contributed by atoms with Gasteiger partial charge in [0.25, 0.3) is 0 Å². The number of fused-ring (bicyclic) bond motifs is 1. The van der Waals surface area contributed by atoms with E-state index < -0.39 is 0 Å². The largest absolute Gasteiger partial charge is 0.369 e. The van der Waals surface area contributed by atoms with Crippen molar-refractivity contribution >= 4 is 17.3 Å². The molecule has 1 saturated carbocycles. The molecule has 2 aromatic heterocycles. The van der Waals surface area contributed by atoms with Crippen molar-refractivity contribution in [1.82, 2.24) is 14.4 Å². The summed E-state index contributed by atoms with van der Waals surface area (Å²) in [6.45, 7) is 6.31. The van der Waals surface area contributed by atoms with Crippen LogP contribution in [-0.4, -0.2) is 33.5 Å². The molecule has 0 spiro atoms. The summed E-state index contributed by atoms with van der Waals surface area (Å²) in [6, 6.07) is 0.615. The van der Waals surface area contributed by atoms with E-state index in [-0.39, 0.29) is 0 Å². The first-order valence-electron chi connectivity index (χ1n) is 8.17. The summed E-state index contributed by atoms with van der Waals surface area (Å²) in [5.74, 6) is 1.96. The highest BCUT2D eigenvalue weighted by Crippen LogP contribution is 2.29. The number of hydrogen-bond donors (Lipinski definition) is 1. The van der Waals surface area contributed by atoms with Crippen molar-refractivity contribution in [3.8, 4) is 0 Å². The van der Waals surface area contributed by atoms with E-state index in [0.717, 1.165) is 36.8 Å². The predicted octanol–water partition coefficient (Wildman–Crippen LogP) is 3.32. The van der Waals surface area contributed by atoms with Gasteiger partial charge in [0.15, 0.2) is 11.5 Å². The van der Waals surface area contributed by atoms with Gasteiger partial charge in [0.1, 0.15) is 5.82 Å². The number of aromatic nitrogens is 3. The van der Waals surface area contributed by atoms with Crippen LogP contribution in [-0.2, 0) is 0 Å². The second kappa shape index (κ2) is 6.33. The van der Waals surface area contributed by atoms with Gasteiger partial charge in [-0.3, -0.25) is 0 Å². The summed E-state index contributed by atoms with van der Waals surface area (Å²) in [5, 5.41) is 3.40. The molecule has 2 aromatic rings. The molecule has 0 unspecified atom stereocenters. The van der Waals surface area contributed by atoms with E-state index in [1.54, 1.807) is 0 Å². The molecule has 0 amide bonds. The summed E-state index contributed by atoms with van der Waals surface area (Å²) >= 11 is 0. The lowest BCUT2D eigenvalue weighted by atomic mass is 10.2. The Kier molecular flexibility index (Phi) is 4.27. The molecule has 0 radical (unpaired) electrons. The molecule has 5 heteroatoms. The van der Waals surface area contributed by atoms with Crippen LogP contribution in [0.4, 0.5) is 11.6 Å². The van der Waals surface area contributed by atoms with Crippen LogP contribution < -0.4 is 10.2 Å². The maximum Gasteiger partial charge on any atom is 0.180 e. The number of rotatable bonds is 6. The summed E-state index contributed by atoms with van der Waals surface area (Å²) in [4.78, 5) is 11.8. The maximum atomic E-state index is 4.86. The highest BCUT2D eigenvalue weighted by Gasteiger charge is 2.25. The summed E-state index contributed by atoms with van der Waals surface area (Å²) in [6.07, 6.45) is 12.2. The molecule has 1 aliphatic carbocycles. The van der Waals surface area contributed by atoms with Gasteiger partial charge in [0.05, 0.1) is 6.20 Å². The minimum absolute atomic E-state index is 0.615. The lowest BCUT2D eigenvalue weighted by Crippen LogP contribution is -2.34. The van der Waals surface area contributed by atoms with Gasteiger partial charge in [-0.1, -0.05) is 19.8 Å². The average Bonchev–Trinajstić information content (AvgIpc) is 3.16. The topological polar surface area (TPSA) is 45.5 Å². The van der Waals surface area contributed by atoms with E-state index in [4.69, 9.17) is 4.98 Å². The molecule has 0 aliphatic heterocycles. The van der Waals surface area contributed by atoms with Crippen LogP contribution in [0.5, 0.6) is 0 Å². The van der Waals surface area contributed by atoms with E-state index in [0.29, 0.717) is 6.04 Å². The standard InChI is InChI=1S/C16H25N5/c1-3-9-17-14-12-20-11-10-18-15(20)16(19-14)21(4-2)13-7-5-6-8-13/h10-13,17H,3-9H2,1-2H3. The van der Waals surface area contributed by atoms with E-state index in [1.165, 1.54) is 25.7 Å². The van der Waals surface area contributed by atoms with Crippen LogP contribution in [0.2, 0.25) is 0 Å². The van der Waals surface area contributed by atoms with Gasteiger partial charge in [0.2, 0.25) is 0 Å². The molecule has 0 bridgehead atoms. The molecule has 1 aliphatic rings. The zero-order valence-electron chi connectivity index (χ0n) is 13.0. The van der Waals surface area contributed by atoms with Crippen molar-refractivity contribution in [3.05, 3.63) is 18.6 Å². The number of nitrogens with zero attached hydrogens (tertiary/aromatic N) is 4. The summed E-state index contributed by atoms with van der Waals surface area (Å²) in [5.41, 5.74) is 0.964. The lowest BCUT2D eigenvalue weighted by Gasteiger charge is -2.29. The minimum Gasteiger partial charge on any atom is -0.369 e. The minimum atomic E-state index is 0.615. The second-order valence-corrected chi connectivity index (χ2v) is 5.76. The first kappa shape index (κ1) is 14.2. The fraction of sp³-hybridized carbons (Fsp3) is 0.625.